The van der Waals surface area contributed by atoms with Crippen molar-refractivity contribution >= 4 is 58.6 Å². The van der Waals surface area contributed by atoms with Gasteiger partial charge in [-0.25, -0.2) is 9.59 Å². The number of aryl methyl sites for hydroxylation is 1. The first-order valence-corrected chi connectivity index (χ1v) is 16.9. The molecule has 9 nitrogen and oxygen atoms in total. The number of fused-ring (bicyclic) bond motifs is 2. The Bertz CT molecular complexity index is 1920. The van der Waals surface area contributed by atoms with Crippen LogP contribution in [0.15, 0.2) is 84.9 Å². The predicted octanol–water partition coefficient (Wildman–Crippen LogP) is 6.63. The number of carbonyl (C=O) groups is 4. The molecule has 2 atom stereocenters. The third kappa shape index (κ3) is 7.39. The van der Waals surface area contributed by atoms with Gasteiger partial charge >= 0.3 is 12.0 Å². The molecule has 12 heteroatoms. The predicted molar refractivity (Wildman–Crippen MR) is 188 cm³/mol. The number of nitrogens with one attached hydrogen (secondary N) is 3. The molecule has 0 bridgehead atoms. The Morgan fingerprint density at radius 2 is 1.61 bits per heavy atom. The summed E-state index contributed by atoms with van der Waals surface area (Å²) in [6, 6.07) is 24.4. The molecule has 0 saturated heterocycles. The van der Waals surface area contributed by atoms with Crippen LogP contribution in [0.2, 0.25) is 15.1 Å². The molecule has 6 rings (SSSR count). The number of rotatable bonds is 10. The molecule has 252 valence electrons. The average molecular weight is 720 g/mol. The summed E-state index contributed by atoms with van der Waals surface area (Å²) in [7, 11) is 0. The highest BCUT2D eigenvalue weighted by Gasteiger charge is 2.42. The SMILES string of the molecule is O=C(NC[C@](Cc1ccccc1)(NC(=O)c1c(Cl)cc2c(c1Cl)CCN(Cc1ccc(Cl)cc1)C2=O)C(=O)O)N[C@@H]1CCc2ccccc21. The van der Waals surface area contributed by atoms with Gasteiger partial charge in [-0.1, -0.05) is 102 Å². The first-order valence-electron chi connectivity index (χ1n) is 15.8. The Labute approximate surface area is 298 Å². The van der Waals surface area contributed by atoms with Crippen molar-refractivity contribution in [3.63, 3.8) is 0 Å². The van der Waals surface area contributed by atoms with Gasteiger partial charge in [-0.15, -0.1) is 0 Å². The van der Waals surface area contributed by atoms with Crippen LogP contribution < -0.4 is 16.0 Å². The molecular weight excluding hydrogens is 687 g/mol. The summed E-state index contributed by atoms with van der Waals surface area (Å²) >= 11 is 19.4. The number of hydrogen-bond acceptors (Lipinski definition) is 4. The summed E-state index contributed by atoms with van der Waals surface area (Å²) in [5.41, 5.74) is 2.27. The van der Waals surface area contributed by atoms with Gasteiger partial charge in [-0.05, 0) is 65.3 Å². The monoisotopic (exact) mass is 718 g/mol. The van der Waals surface area contributed by atoms with Crippen LogP contribution in [0.4, 0.5) is 4.79 Å². The van der Waals surface area contributed by atoms with Crippen LogP contribution in [-0.2, 0) is 30.6 Å². The lowest BCUT2D eigenvalue weighted by atomic mass is 9.89. The van der Waals surface area contributed by atoms with Gasteiger partial charge in [0.15, 0.2) is 5.54 Å². The number of nitrogens with zero attached hydrogens (tertiary/aromatic N) is 1. The lowest BCUT2D eigenvalue weighted by Crippen LogP contribution is -2.63. The van der Waals surface area contributed by atoms with Gasteiger partial charge in [0, 0.05) is 30.1 Å². The molecule has 4 amide bonds. The largest absolute Gasteiger partial charge is 0.479 e. The number of hydrogen-bond donors (Lipinski definition) is 4. The average Bonchev–Trinajstić information content (AvgIpc) is 3.49. The number of urea groups is 1. The highest BCUT2D eigenvalue weighted by atomic mass is 35.5. The molecule has 0 fully saturated rings. The van der Waals surface area contributed by atoms with Gasteiger partial charge in [-0.2, -0.15) is 0 Å². The van der Waals surface area contributed by atoms with Gasteiger partial charge in [0.2, 0.25) is 0 Å². The molecule has 0 radical (unpaired) electrons. The van der Waals surface area contributed by atoms with Crippen LogP contribution in [0.1, 0.15) is 61.0 Å². The van der Waals surface area contributed by atoms with Crippen LogP contribution in [0.25, 0.3) is 0 Å². The third-order valence-corrected chi connectivity index (χ3v) is 10.0. The molecule has 0 saturated carbocycles. The minimum Gasteiger partial charge on any atom is -0.479 e. The Kier molecular flexibility index (Phi) is 10.2. The van der Waals surface area contributed by atoms with Crippen molar-refractivity contribution in [1.82, 2.24) is 20.9 Å². The van der Waals surface area contributed by atoms with E-state index in [9.17, 15) is 24.3 Å². The van der Waals surface area contributed by atoms with Crippen LogP contribution >= 0.6 is 34.8 Å². The molecule has 4 aromatic rings. The summed E-state index contributed by atoms with van der Waals surface area (Å²) in [5.74, 6) is -2.51. The number of amides is 4. The van der Waals surface area contributed by atoms with Crippen molar-refractivity contribution in [2.24, 2.45) is 0 Å². The summed E-state index contributed by atoms with van der Waals surface area (Å²) in [4.78, 5) is 55.3. The fourth-order valence-electron chi connectivity index (χ4n) is 6.51. The highest BCUT2D eigenvalue weighted by molar-refractivity contribution is 6.41. The quantitative estimate of drug-likeness (QED) is 0.146. The maximum Gasteiger partial charge on any atom is 0.331 e. The minimum atomic E-state index is -1.99. The second-order valence-electron chi connectivity index (χ2n) is 12.3. The zero-order valence-electron chi connectivity index (χ0n) is 26.3. The van der Waals surface area contributed by atoms with E-state index in [1.54, 1.807) is 47.4 Å². The number of aliphatic carboxylic acids is 1. The molecular formula is C37H33Cl3N4O5. The van der Waals surface area contributed by atoms with Crippen molar-refractivity contribution in [1.29, 1.82) is 0 Å². The van der Waals surface area contributed by atoms with Crippen molar-refractivity contribution in [2.45, 2.75) is 43.8 Å². The van der Waals surface area contributed by atoms with Crippen LogP contribution in [0.3, 0.4) is 0 Å². The first kappa shape index (κ1) is 34.3. The fourth-order valence-corrected chi connectivity index (χ4v) is 7.36. The van der Waals surface area contributed by atoms with E-state index < -0.39 is 30.0 Å². The summed E-state index contributed by atoms with van der Waals surface area (Å²) in [6.45, 7) is 0.247. The molecule has 1 aliphatic heterocycles. The Morgan fingerprint density at radius 3 is 2.35 bits per heavy atom. The molecule has 0 aromatic heterocycles. The lowest BCUT2D eigenvalue weighted by Gasteiger charge is -2.33. The van der Waals surface area contributed by atoms with Crippen molar-refractivity contribution in [3.05, 3.63) is 139 Å². The number of carboxylic acids is 1. The third-order valence-electron chi connectivity index (χ3n) is 9.08. The molecule has 0 spiro atoms. The topological polar surface area (TPSA) is 128 Å². The molecule has 1 heterocycles. The van der Waals surface area contributed by atoms with Gasteiger partial charge in [0.05, 0.1) is 28.2 Å². The van der Waals surface area contributed by atoms with Crippen LogP contribution in [0.5, 0.6) is 0 Å². The van der Waals surface area contributed by atoms with E-state index >= 15 is 0 Å². The molecule has 1 aliphatic carbocycles. The Balaban J connectivity index is 1.24. The van der Waals surface area contributed by atoms with Crippen molar-refractivity contribution in [2.75, 3.05) is 13.1 Å². The van der Waals surface area contributed by atoms with E-state index in [4.69, 9.17) is 34.8 Å². The number of carboxylic acid groups (broad SMARTS) is 1. The molecule has 2 aliphatic rings. The van der Waals surface area contributed by atoms with E-state index in [0.29, 0.717) is 42.1 Å². The molecule has 49 heavy (non-hydrogen) atoms. The van der Waals surface area contributed by atoms with Gasteiger partial charge in [0.1, 0.15) is 0 Å². The summed E-state index contributed by atoms with van der Waals surface area (Å²) in [5, 5.41) is 19.4. The fraction of sp³-hybridized carbons (Fsp3) is 0.243. The van der Waals surface area contributed by atoms with E-state index in [0.717, 1.165) is 23.1 Å². The smallest absolute Gasteiger partial charge is 0.331 e. The lowest BCUT2D eigenvalue weighted by molar-refractivity contribution is -0.144. The highest BCUT2D eigenvalue weighted by Crippen LogP contribution is 2.36. The van der Waals surface area contributed by atoms with E-state index in [-0.39, 0.29) is 39.5 Å². The van der Waals surface area contributed by atoms with Crippen molar-refractivity contribution < 1.29 is 24.3 Å². The molecule has 0 unspecified atom stereocenters. The Hall–Kier alpha value is -4.57. The van der Waals surface area contributed by atoms with Crippen LogP contribution in [-0.4, -0.2) is 52.4 Å². The van der Waals surface area contributed by atoms with E-state index in [1.807, 2.05) is 36.4 Å². The van der Waals surface area contributed by atoms with E-state index in [1.165, 1.54) is 6.07 Å². The van der Waals surface area contributed by atoms with E-state index in [2.05, 4.69) is 16.0 Å². The zero-order chi connectivity index (χ0) is 34.7. The second kappa shape index (κ2) is 14.5. The minimum absolute atomic E-state index is 0.0240. The van der Waals surface area contributed by atoms with Crippen LogP contribution in [0, 0.1) is 0 Å². The standard InChI is InChI=1S/C37H33Cl3N4O5/c38-25-13-10-23(11-14-25)20-44-17-16-27-28(34(44)46)18-29(39)31(32(27)40)33(45)43-37(35(47)48,19-22-6-2-1-3-7-22)21-41-36(49)42-30-15-12-24-8-4-5-9-26(24)30/h1-11,13-14,18,30H,12,15-17,19-21H2,(H,43,45)(H,47,48)(H2,41,42,49)/t30-,37+/m1/s1. The number of benzene rings is 4. The number of halogens is 3. The zero-order valence-corrected chi connectivity index (χ0v) is 28.5. The Morgan fingerprint density at radius 1 is 0.898 bits per heavy atom. The van der Waals surface area contributed by atoms with Gasteiger partial charge in [-0.3, -0.25) is 9.59 Å². The molecule has 4 N–H and O–H groups in total. The summed E-state index contributed by atoms with van der Waals surface area (Å²) < 4.78 is 0. The van der Waals surface area contributed by atoms with Crippen molar-refractivity contribution in [3.8, 4) is 0 Å². The molecule has 4 aromatic carbocycles. The van der Waals surface area contributed by atoms with Gasteiger partial charge in [0.25, 0.3) is 11.8 Å². The normalized spacial score (nSPS) is 16.3. The second-order valence-corrected chi connectivity index (χ2v) is 13.5. The maximum absolute atomic E-state index is 14.0. The first-order chi connectivity index (χ1) is 23.5. The maximum atomic E-state index is 14.0. The summed E-state index contributed by atoms with van der Waals surface area (Å²) in [6.07, 6.45) is 1.73. The van der Waals surface area contributed by atoms with Gasteiger partial charge < -0.3 is 26.0 Å². The number of carbonyl (C=O) groups excluding carboxylic acids is 3.